The highest BCUT2D eigenvalue weighted by Gasteiger charge is 2.38. The number of fused-ring (bicyclic) bond motifs is 1. The molecule has 3 aromatic carbocycles. The smallest absolute Gasteiger partial charge is 0.310 e. The van der Waals surface area contributed by atoms with E-state index in [9.17, 15) is 29.8 Å². The van der Waals surface area contributed by atoms with Gasteiger partial charge in [-0.1, -0.05) is 98.9 Å². The number of nitrogens with zero attached hydrogens (tertiary/aromatic N) is 3. The van der Waals surface area contributed by atoms with Crippen molar-refractivity contribution in [1.29, 1.82) is 0 Å². The van der Waals surface area contributed by atoms with Crippen LogP contribution in [0.3, 0.4) is 0 Å². The Hall–Kier alpha value is -5.05. The zero-order valence-electron chi connectivity index (χ0n) is 31.7. The van der Waals surface area contributed by atoms with E-state index in [0.717, 1.165) is 45.4 Å². The number of allylic oxidation sites excluding steroid dienone is 6. The summed E-state index contributed by atoms with van der Waals surface area (Å²) >= 11 is 2.39. The number of alkyl halides is 1. The average molecular weight is 851 g/mol. The van der Waals surface area contributed by atoms with Crippen LogP contribution in [-0.4, -0.2) is 46.0 Å². The molecular weight excluding hydrogens is 803 g/mol. The second kappa shape index (κ2) is 17.9. The molecule has 0 fully saturated rings. The van der Waals surface area contributed by atoms with E-state index >= 15 is 0 Å². The van der Waals surface area contributed by atoms with E-state index in [1.165, 1.54) is 12.1 Å². The van der Waals surface area contributed by atoms with Gasteiger partial charge in [-0.3, -0.25) is 29.8 Å². The molecule has 12 nitrogen and oxygen atoms in total. The molecule has 3 aromatic rings. The second-order valence-electron chi connectivity index (χ2n) is 14.0. The zero-order valence-corrected chi connectivity index (χ0v) is 33.8. The quantitative estimate of drug-likeness (QED) is 0.0369. The molecule has 0 saturated carbocycles. The molecule has 1 unspecified atom stereocenters. The molecule has 0 amide bonds. The number of carbonyl (C=O) groups excluding carboxylic acids is 2. The molecular formula is C41H47IN4O8. The third-order valence-corrected chi connectivity index (χ3v) is 11.5. The summed E-state index contributed by atoms with van der Waals surface area (Å²) in [5.41, 5.74) is 5.56. The van der Waals surface area contributed by atoms with Gasteiger partial charge in [-0.25, -0.2) is 0 Å². The van der Waals surface area contributed by atoms with Crippen molar-refractivity contribution in [1.82, 2.24) is 0 Å². The molecule has 0 bridgehead atoms. The van der Waals surface area contributed by atoms with Gasteiger partial charge in [0.25, 0.3) is 11.4 Å². The molecule has 13 heteroatoms. The predicted molar refractivity (Wildman–Crippen MR) is 219 cm³/mol. The van der Waals surface area contributed by atoms with Gasteiger partial charge in [0.15, 0.2) is 0 Å². The summed E-state index contributed by atoms with van der Waals surface area (Å²) in [5, 5.41) is 26.3. The van der Waals surface area contributed by atoms with Gasteiger partial charge in [-0.15, -0.1) is 0 Å². The van der Waals surface area contributed by atoms with E-state index in [4.69, 9.17) is 9.47 Å². The van der Waals surface area contributed by atoms with E-state index < -0.39 is 15.3 Å². The van der Waals surface area contributed by atoms with Crippen LogP contribution >= 0.6 is 22.6 Å². The van der Waals surface area contributed by atoms with Gasteiger partial charge in [0.2, 0.25) is 0 Å². The van der Waals surface area contributed by atoms with Gasteiger partial charge in [-0.05, 0) is 59.9 Å². The monoisotopic (exact) mass is 850 g/mol. The Morgan fingerprint density at radius 1 is 0.870 bits per heavy atom. The summed E-state index contributed by atoms with van der Waals surface area (Å²) in [5.74, 6) is -0.582. The lowest BCUT2D eigenvalue weighted by Crippen LogP contribution is -2.29. The maximum absolute atomic E-state index is 12.4. The van der Waals surface area contributed by atoms with Crippen molar-refractivity contribution in [2.45, 2.75) is 75.7 Å². The van der Waals surface area contributed by atoms with Gasteiger partial charge in [0.1, 0.15) is 0 Å². The van der Waals surface area contributed by atoms with E-state index in [1.54, 1.807) is 13.8 Å². The van der Waals surface area contributed by atoms with Crippen LogP contribution in [0.15, 0.2) is 90.7 Å². The first-order chi connectivity index (χ1) is 25.5. The van der Waals surface area contributed by atoms with E-state index in [0.29, 0.717) is 12.2 Å². The maximum Gasteiger partial charge on any atom is 0.310 e. The minimum Gasteiger partial charge on any atom is -0.466 e. The lowest BCUT2D eigenvalue weighted by molar-refractivity contribution is -0.394. The summed E-state index contributed by atoms with van der Waals surface area (Å²) < 4.78 is 10.3. The number of nitro benzene ring substituents is 2. The van der Waals surface area contributed by atoms with E-state index in [-0.39, 0.29) is 58.6 Å². The van der Waals surface area contributed by atoms with Crippen molar-refractivity contribution in [3.8, 4) is 0 Å². The number of benzene rings is 3. The number of likely N-dealkylation sites (N-methyl/N-ethyl adjacent to an activating group) is 1. The van der Waals surface area contributed by atoms with Crippen molar-refractivity contribution < 1.29 is 28.9 Å². The normalized spacial score (nSPS) is 15.0. The van der Waals surface area contributed by atoms with Crippen molar-refractivity contribution in [2.75, 3.05) is 30.5 Å². The first kappa shape index (κ1) is 41.7. The number of non-ortho nitro benzene ring substituents is 2. The Labute approximate surface area is 329 Å². The van der Waals surface area contributed by atoms with Crippen LogP contribution in [0.1, 0.15) is 69.4 Å². The highest BCUT2D eigenvalue weighted by molar-refractivity contribution is 14.1. The Kier molecular flexibility index (Phi) is 13.8. The molecule has 0 saturated heterocycles. The number of hydrogen-bond donors (Lipinski definition) is 1. The fraction of sp³-hybridized carbons (Fsp3) is 0.366. The molecule has 1 heterocycles. The van der Waals surface area contributed by atoms with Gasteiger partial charge in [0.05, 0.1) is 42.0 Å². The fourth-order valence-corrected chi connectivity index (χ4v) is 7.14. The topological polar surface area (TPSA) is 154 Å². The summed E-state index contributed by atoms with van der Waals surface area (Å²) in [4.78, 5) is 48.3. The van der Waals surface area contributed by atoms with Crippen molar-refractivity contribution >= 4 is 57.3 Å². The van der Waals surface area contributed by atoms with Gasteiger partial charge >= 0.3 is 11.9 Å². The highest BCUT2D eigenvalue weighted by atomic mass is 127. The van der Waals surface area contributed by atoms with E-state index in [2.05, 4.69) is 84.8 Å². The molecule has 1 aliphatic heterocycles. The Morgan fingerprint density at radius 3 is 2.02 bits per heavy atom. The largest absolute Gasteiger partial charge is 0.466 e. The first-order valence-corrected chi connectivity index (χ1v) is 18.9. The minimum atomic E-state index is -0.649. The van der Waals surface area contributed by atoms with Crippen LogP contribution in [0.2, 0.25) is 0 Å². The second-order valence-corrected chi connectivity index (χ2v) is 15.4. The lowest BCUT2D eigenvalue weighted by atomic mass is 9.79. The third-order valence-electron chi connectivity index (χ3n) is 9.50. The fourth-order valence-electron chi connectivity index (χ4n) is 6.57. The SMILES string of the molecule is CCOC(=O)Cc1ccc2c(c1)C(C)(C)\C(=C/C=C/C=C/C(I)C(C)(C)c1cc(CC(=O)OCC)ccc1NCc1cc([N+](=O)[O-])cc([N+](=O)[O-])c1)N2C. The van der Waals surface area contributed by atoms with Crippen LogP contribution in [0.25, 0.3) is 0 Å². The minimum absolute atomic E-state index is 0.0302. The maximum atomic E-state index is 12.4. The molecule has 0 aromatic heterocycles. The van der Waals surface area contributed by atoms with Crippen LogP contribution < -0.4 is 10.2 Å². The Morgan fingerprint density at radius 2 is 1.44 bits per heavy atom. The molecule has 54 heavy (non-hydrogen) atoms. The number of halogens is 1. The molecule has 1 N–H and O–H groups in total. The van der Waals surface area contributed by atoms with Crippen LogP contribution in [0, 0.1) is 20.2 Å². The number of ether oxygens (including phenoxy) is 2. The molecule has 0 radical (unpaired) electrons. The molecule has 0 aliphatic carbocycles. The molecule has 1 aliphatic rings. The molecule has 1 atom stereocenters. The molecule has 0 spiro atoms. The van der Waals surface area contributed by atoms with Gasteiger partial charge < -0.3 is 19.7 Å². The van der Waals surface area contributed by atoms with Crippen LogP contribution in [0.4, 0.5) is 22.7 Å². The lowest BCUT2D eigenvalue weighted by Gasteiger charge is -2.32. The Balaban J connectivity index is 1.57. The number of carbonyl (C=O) groups is 2. The van der Waals surface area contributed by atoms with Crippen molar-refractivity contribution in [3.05, 3.63) is 139 Å². The Bertz CT molecular complexity index is 1970. The predicted octanol–water partition coefficient (Wildman–Crippen LogP) is 8.83. The molecule has 4 rings (SSSR count). The van der Waals surface area contributed by atoms with Crippen molar-refractivity contribution in [3.63, 3.8) is 0 Å². The third kappa shape index (κ3) is 9.92. The summed E-state index contributed by atoms with van der Waals surface area (Å²) in [6.07, 6.45) is 10.5. The van der Waals surface area contributed by atoms with E-state index in [1.807, 2.05) is 49.5 Å². The number of rotatable bonds is 16. The van der Waals surface area contributed by atoms with Crippen molar-refractivity contribution in [2.24, 2.45) is 0 Å². The highest BCUT2D eigenvalue weighted by Crippen LogP contribution is 2.47. The van der Waals surface area contributed by atoms with Gasteiger partial charge in [-0.2, -0.15) is 0 Å². The van der Waals surface area contributed by atoms with Gasteiger partial charge in [0, 0.05) is 57.6 Å². The zero-order chi connectivity index (χ0) is 39.8. The number of nitro groups is 2. The summed E-state index contributed by atoms with van der Waals surface area (Å²) in [7, 11) is 2.04. The number of esters is 2. The number of anilines is 2. The number of nitrogens with one attached hydrogen (secondary N) is 1. The van der Waals surface area contributed by atoms with Crippen LogP contribution in [0.5, 0.6) is 0 Å². The molecule has 286 valence electrons. The summed E-state index contributed by atoms with van der Waals surface area (Å²) in [6, 6.07) is 15.3. The summed E-state index contributed by atoms with van der Waals surface area (Å²) in [6.45, 7) is 12.8. The first-order valence-electron chi connectivity index (χ1n) is 17.7. The average Bonchev–Trinajstić information content (AvgIpc) is 3.30. The standard InChI is InChI=1S/C41H47IN4O8/c1-8-53-38(47)23-27-15-17-34(43-26-29-19-30(45(49)50)25-31(20-29)46(51)52)32(21-27)40(3,4)36(42)13-11-10-12-14-37-41(5,6)33-22-28(24-39(48)54-9-2)16-18-35(33)44(37)7/h10-22,25,36,43H,8-9,23-24,26H2,1-7H3/b12-10+,13-11+,37-14+. The number of hydrogen-bond acceptors (Lipinski definition) is 10. The van der Waals surface area contributed by atoms with Crippen LogP contribution in [-0.2, 0) is 49.3 Å².